The van der Waals surface area contributed by atoms with Crippen LogP contribution in [0.3, 0.4) is 0 Å². The number of benzene rings is 1. The zero-order chi connectivity index (χ0) is 14.5. The number of hydrogen-bond acceptors (Lipinski definition) is 3. The first kappa shape index (κ1) is 15.8. The zero-order valence-electron chi connectivity index (χ0n) is 11.5. The summed E-state index contributed by atoms with van der Waals surface area (Å²) < 4.78 is 5.40. The van der Waals surface area contributed by atoms with Crippen LogP contribution in [-0.2, 0) is 4.79 Å². The van der Waals surface area contributed by atoms with Gasteiger partial charge in [-0.15, -0.1) is 0 Å². The molecule has 0 radical (unpaired) electrons. The van der Waals surface area contributed by atoms with Crippen molar-refractivity contribution in [2.45, 2.75) is 32.8 Å². The summed E-state index contributed by atoms with van der Waals surface area (Å²) in [4.78, 5) is 11.6. The van der Waals surface area contributed by atoms with E-state index in [1.165, 1.54) is 0 Å². The van der Waals surface area contributed by atoms with Crippen molar-refractivity contribution in [3.05, 3.63) is 28.8 Å². The molecule has 1 amide bonds. The number of amides is 1. The van der Waals surface area contributed by atoms with Gasteiger partial charge in [-0.3, -0.25) is 4.79 Å². The Hall–Kier alpha value is -1.26. The number of nitrogens with one attached hydrogen (secondary N) is 1. The highest BCUT2D eigenvalue weighted by atomic mass is 35.5. The molecule has 0 aliphatic rings. The quantitative estimate of drug-likeness (QED) is 0.843. The molecule has 1 unspecified atom stereocenters. The van der Waals surface area contributed by atoms with Crippen molar-refractivity contribution in [3.8, 4) is 5.75 Å². The van der Waals surface area contributed by atoms with Gasteiger partial charge < -0.3 is 15.2 Å². The molecule has 1 atom stereocenters. The lowest BCUT2D eigenvalue weighted by Crippen LogP contribution is -2.41. The van der Waals surface area contributed by atoms with Crippen LogP contribution in [0.4, 0.5) is 0 Å². The second-order valence-electron chi connectivity index (χ2n) is 4.83. The predicted octanol–water partition coefficient (Wildman–Crippen LogP) is 2.30. The lowest BCUT2D eigenvalue weighted by molar-refractivity contribution is -0.124. The van der Waals surface area contributed by atoms with E-state index in [0.29, 0.717) is 17.2 Å². The summed E-state index contributed by atoms with van der Waals surface area (Å²) in [5, 5.41) is 13.0. The Morgan fingerprint density at radius 2 is 2.21 bits per heavy atom. The number of aliphatic hydroxyl groups is 1. The van der Waals surface area contributed by atoms with Crippen molar-refractivity contribution < 1.29 is 14.6 Å². The number of ether oxygens (including phenoxy) is 1. The maximum atomic E-state index is 11.6. The first-order valence-corrected chi connectivity index (χ1v) is 6.60. The maximum Gasteiger partial charge on any atom is 0.258 e. The standard InChI is InChI=1S/C14H20ClNO3/c1-4-14(3,18)9-16-13(17)8-19-12-6-5-11(15)7-10(12)2/h5-7,18H,4,8-9H2,1-3H3,(H,16,17). The Bertz CT molecular complexity index is 446. The van der Waals surface area contributed by atoms with Crippen molar-refractivity contribution >= 4 is 17.5 Å². The van der Waals surface area contributed by atoms with Crippen LogP contribution in [-0.4, -0.2) is 29.8 Å². The van der Waals surface area contributed by atoms with E-state index in [1.54, 1.807) is 25.1 Å². The van der Waals surface area contributed by atoms with Crippen LogP contribution in [0.1, 0.15) is 25.8 Å². The van der Waals surface area contributed by atoms with E-state index in [0.717, 1.165) is 5.56 Å². The Morgan fingerprint density at radius 1 is 1.53 bits per heavy atom. The van der Waals surface area contributed by atoms with Crippen molar-refractivity contribution in [2.75, 3.05) is 13.2 Å². The summed E-state index contributed by atoms with van der Waals surface area (Å²) in [5.41, 5.74) is -0.00730. The smallest absolute Gasteiger partial charge is 0.258 e. The van der Waals surface area contributed by atoms with E-state index >= 15 is 0 Å². The summed E-state index contributed by atoms with van der Waals surface area (Å²) in [6, 6.07) is 5.22. The average Bonchev–Trinajstić information content (AvgIpc) is 2.35. The summed E-state index contributed by atoms with van der Waals surface area (Å²) in [6.45, 7) is 5.53. The van der Waals surface area contributed by atoms with Crippen LogP contribution in [0.2, 0.25) is 5.02 Å². The van der Waals surface area contributed by atoms with Gasteiger partial charge in [0.25, 0.3) is 5.91 Å². The fourth-order valence-corrected chi connectivity index (χ4v) is 1.61. The van der Waals surface area contributed by atoms with Crippen molar-refractivity contribution in [1.82, 2.24) is 5.32 Å². The Labute approximate surface area is 118 Å². The molecule has 0 heterocycles. The molecule has 0 fully saturated rings. The lowest BCUT2D eigenvalue weighted by atomic mass is 10.0. The summed E-state index contributed by atoms with van der Waals surface area (Å²) in [6.07, 6.45) is 0.574. The van der Waals surface area contributed by atoms with Gasteiger partial charge in [-0.2, -0.15) is 0 Å². The van der Waals surface area contributed by atoms with Crippen molar-refractivity contribution in [3.63, 3.8) is 0 Å². The molecule has 1 aromatic rings. The molecule has 0 aliphatic carbocycles. The molecule has 4 nitrogen and oxygen atoms in total. The van der Waals surface area contributed by atoms with E-state index in [4.69, 9.17) is 16.3 Å². The lowest BCUT2D eigenvalue weighted by Gasteiger charge is -2.21. The van der Waals surface area contributed by atoms with Gasteiger partial charge in [0.05, 0.1) is 5.60 Å². The van der Waals surface area contributed by atoms with Crippen molar-refractivity contribution in [2.24, 2.45) is 0 Å². The molecule has 0 saturated heterocycles. The third-order valence-electron chi connectivity index (χ3n) is 2.92. The fraction of sp³-hybridized carbons (Fsp3) is 0.500. The molecule has 0 spiro atoms. The molecule has 106 valence electrons. The second-order valence-corrected chi connectivity index (χ2v) is 5.26. The fourth-order valence-electron chi connectivity index (χ4n) is 1.38. The Morgan fingerprint density at radius 3 is 2.79 bits per heavy atom. The van der Waals surface area contributed by atoms with E-state index in [2.05, 4.69) is 5.32 Å². The highest BCUT2D eigenvalue weighted by Gasteiger charge is 2.18. The van der Waals surface area contributed by atoms with Crippen LogP contribution in [0.5, 0.6) is 5.75 Å². The minimum Gasteiger partial charge on any atom is -0.484 e. The molecular formula is C14H20ClNO3. The number of carbonyl (C=O) groups is 1. The normalized spacial score (nSPS) is 13.7. The predicted molar refractivity (Wildman–Crippen MR) is 75.6 cm³/mol. The summed E-state index contributed by atoms with van der Waals surface area (Å²) in [7, 11) is 0. The van der Waals surface area contributed by atoms with E-state index < -0.39 is 5.60 Å². The van der Waals surface area contributed by atoms with Crippen LogP contribution in [0.15, 0.2) is 18.2 Å². The van der Waals surface area contributed by atoms with Crippen LogP contribution in [0.25, 0.3) is 0 Å². The average molecular weight is 286 g/mol. The molecule has 2 N–H and O–H groups in total. The first-order valence-electron chi connectivity index (χ1n) is 6.22. The topological polar surface area (TPSA) is 58.6 Å². The minimum absolute atomic E-state index is 0.0811. The molecule has 5 heteroatoms. The maximum absolute atomic E-state index is 11.6. The molecular weight excluding hydrogens is 266 g/mol. The molecule has 0 aromatic heterocycles. The zero-order valence-corrected chi connectivity index (χ0v) is 12.3. The first-order chi connectivity index (χ1) is 8.84. The molecule has 19 heavy (non-hydrogen) atoms. The number of halogens is 1. The van der Waals surface area contributed by atoms with Gasteiger partial charge in [-0.25, -0.2) is 0 Å². The molecule has 0 bridgehead atoms. The van der Waals surface area contributed by atoms with E-state index in [1.807, 2.05) is 13.8 Å². The monoisotopic (exact) mass is 285 g/mol. The van der Waals surface area contributed by atoms with Gasteiger partial charge in [0, 0.05) is 11.6 Å². The molecule has 0 saturated carbocycles. The van der Waals surface area contributed by atoms with Gasteiger partial charge in [-0.1, -0.05) is 18.5 Å². The highest BCUT2D eigenvalue weighted by Crippen LogP contribution is 2.21. The minimum atomic E-state index is -0.883. The van der Waals surface area contributed by atoms with Gasteiger partial charge >= 0.3 is 0 Å². The third-order valence-corrected chi connectivity index (χ3v) is 3.16. The van der Waals surface area contributed by atoms with Gasteiger partial charge in [0.1, 0.15) is 5.75 Å². The third kappa shape index (κ3) is 5.49. The van der Waals surface area contributed by atoms with Gasteiger partial charge in [0.15, 0.2) is 6.61 Å². The van der Waals surface area contributed by atoms with Gasteiger partial charge in [-0.05, 0) is 44.0 Å². The number of carbonyl (C=O) groups excluding carboxylic acids is 1. The Kier molecular flexibility index (Phi) is 5.63. The molecule has 1 aromatic carbocycles. The van der Waals surface area contributed by atoms with Crippen LogP contribution in [0, 0.1) is 6.92 Å². The second kappa shape index (κ2) is 6.78. The molecule has 0 aliphatic heterocycles. The summed E-state index contributed by atoms with van der Waals surface area (Å²) in [5.74, 6) is 0.366. The van der Waals surface area contributed by atoms with E-state index in [-0.39, 0.29) is 19.1 Å². The van der Waals surface area contributed by atoms with Gasteiger partial charge in [0.2, 0.25) is 0 Å². The highest BCUT2D eigenvalue weighted by molar-refractivity contribution is 6.30. The number of rotatable bonds is 6. The Balaban J connectivity index is 2.42. The van der Waals surface area contributed by atoms with Crippen LogP contribution < -0.4 is 10.1 Å². The van der Waals surface area contributed by atoms with Crippen molar-refractivity contribution in [1.29, 1.82) is 0 Å². The largest absolute Gasteiger partial charge is 0.484 e. The SMILES string of the molecule is CCC(C)(O)CNC(=O)COc1ccc(Cl)cc1C. The summed E-state index contributed by atoms with van der Waals surface area (Å²) >= 11 is 5.83. The molecule has 1 rings (SSSR count). The van der Waals surface area contributed by atoms with Crippen LogP contribution >= 0.6 is 11.6 Å². The number of aryl methyl sites for hydroxylation is 1. The van der Waals surface area contributed by atoms with E-state index in [9.17, 15) is 9.90 Å². The number of hydrogen-bond donors (Lipinski definition) is 2.